The molecule has 0 saturated carbocycles. The van der Waals surface area contributed by atoms with Crippen LogP contribution in [0.25, 0.3) is 11.3 Å². The van der Waals surface area contributed by atoms with Crippen LogP contribution in [0.3, 0.4) is 0 Å². The Labute approximate surface area is 103 Å². The lowest BCUT2D eigenvalue weighted by Gasteiger charge is -2.04. The maximum atomic E-state index is 11.3. The van der Waals surface area contributed by atoms with Crippen LogP contribution in [0.4, 0.5) is 0 Å². The number of rotatable bonds is 2. The summed E-state index contributed by atoms with van der Waals surface area (Å²) in [5.74, 6) is -0.461. The summed E-state index contributed by atoms with van der Waals surface area (Å²) < 4.78 is 4.59. The second-order valence-electron chi connectivity index (χ2n) is 3.29. The van der Waals surface area contributed by atoms with Crippen LogP contribution in [0.1, 0.15) is 10.4 Å². The van der Waals surface area contributed by atoms with Crippen LogP contribution in [0.2, 0.25) is 5.02 Å². The summed E-state index contributed by atoms with van der Waals surface area (Å²) in [6.07, 6.45) is 4.76. The van der Waals surface area contributed by atoms with E-state index in [0.29, 0.717) is 16.3 Å². The fraction of sp³-hybridized carbons (Fsp3) is 0.0833. The van der Waals surface area contributed by atoms with Crippen molar-refractivity contribution < 1.29 is 9.53 Å². The molecule has 0 amide bonds. The van der Waals surface area contributed by atoms with Gasteiger partial charge in [-0.3, -0.25) is 9.97 Å². The summed E-state index contributed by atoms with van der Waals surface area (Å²) in [5, 5.41) is 0.390. The van der Waals surface area contributed by atoms with Crippen molar-refractivity contribution in [3.05, 3.63) is 47.4 Å². The zero-order valence-corrected chi connectivity index (χ0v) is 9.81. The summed E-state index contributed by atoms with van der Waals surface area (Å²) in [6, 6.07) is 5.17. The van der Waals surface area contributed by atoms with Crippen LogP contribution in [-0.4, -0.2) is 23.0 Å². The van der Waals surface area contributed by atoms with Gasteiger partial charge >= 0.3 is 5.97 Å². The van der Waals surface area contributed by atoms with Gasteiger partial charge in [-0.2, -0.15) is 0 Å². The molecule has 0 N–H and O–H groups in total. The number of hydrogen-bond acceptors (Lipinski definition) is 4. The molecule has 2 aromatic heterocycles. The first-order valence-corrected chi connectivity index (χ1v) is 5.24. The van der Waals surface area contributed by atoms with Crippen molar-refractivity contribution in [2.45, 2.75) is 0 Å². The van der Waals surface area contributed by atoms with Gasteiger partial charge in [0.2, 0.25) is 0 Å². The Morgan fingerprint density at radius 1 is 1.41 bits per heavy atom. The minimum absolute atomic E-state index is 0.324. The summed E-state index contributed by atoms with van der Waals surface area (Å²) in [4.78, 5) is 19.4. The highest BCUT2D eigenvalue weighted by atomic mass is 35.5. The van der Waals surface area contributed by atoms with Gasteiger partial charge in [0.05, 0.1) is 23.4 Å². The molecule has 2 heterocycles. The van der Waals surface area contributed by atoms with E-state index >= 15 is 0 Å². The molecule has 2 aromatic rings. The molecule has 86 valence electrons. The Hall–Kier alpha value is -1.94. The highest BCUT2D eigenvalue weighted by Gasteiger charge is 2.11. The lowest BCUT2D eigenvalue weighted by molar-refractivity contribution is 0.0600. The number of nitrogens with zero attached hydrogens (tertiary/aromatic N) is 2. The Kier molecular flexibility index (Phi) is 3.35. The molecule has 0 atom stereocenters. The lowest BCUT2D eigenvalue weighted by Crippen LogP contribution is -2.02. The van der Waals surface area contributed by atoms with Crippen molar-refractivity contribution in [3.63, 3.8) is 0 Å². The minimum atomic E-state index is -0.461. The van der Waals surface area contributed by atoms with Gasteiger partial charge in [0, 0.05) is 24.2 Å². The molecule has 0 saturated heterocycles. The molecule has 2 rings (SSSR count). The number of carbonyl (C=O) groups is 1. The van der Waals surface area contributed by atoms with E-state index < -0.39 is 5.97 Å². The second-order valence-corrected chi connectivity index (χ2v) is 3.69. The van der Waals surface area contributed by atoms with E-state index in [9.17, 15) is 4.79 Å². The summed E-state index contributed by atoms with van der Waals surface area (Å²) in [7, 11) is 1.31. The summed E-state index contributed by atoms with van der Waals surface area (Å²) in [6.45, 7) is 0. The second kappa shape index (κ2) is 4.93. The topological polar surface area (TPSA) is 52.1 Å². The number of aromatic nitrogens is 2. The van der Waals surface area contributed by atoms with Crippen LogP contribution >= 0.6 is 11.6 Å². The van der Waals surface area contributed by atoms with Gasteiger partial charge in [-0.25, -0.2) is 4.79 Å². The summed E-state index contributed by atoms with van der Waals surface area (Å²) >= 11 is 6.07. The molecule has 0 radical (unpaired) electrons. The van der Waals surface area contributed by atoms with Gasteiger partial charge < -0.3 is 4.74 Å². The molecule has 0 aliphatic carbocycles. The molecule has 0 aromatic carbocycles. The Morgan fingerprint density at radius 3 is 2.82 bits per heavy atom. The molecule has 0 spiro atoms. The maximum Gasteiger partial charge on any atom is 0.339 e. The smallest absolute Gasteiger partial charge is 0.339 e. The first-order chi connectivity index (χ1) is 8.22. The molecule has 0 fully saturated rings. The lowest BCUT2D eigenvalue weighted by atomic mass is 10.1. The molecule has 5 heteroatoms. The Bertz CT molecular complexity index is 543. The standard InChI is InChI=1S/C12H9ClN2O2/c1-17-12(16)9-5-10(13)11(15-7-9)8-3-2-4-14-6-8/h2-7H,1H3. The van der Waals surface area contributed by atoms with Crippen molar-refractivity contribution >= 4 is 17.6 Å². The number of hydrogen-bond donors (Lipinski definition) is 0. The van der Waals surface area contributed by atoms with E-state index in [1.165, 1.54) is 19.4 Å². The van der Waals surface area contributed by atoms with E-state index in [2.05, 4.69) is 14.7 Å². The molecule has 0 unspecified atom stereocenters. The Balaban J connectivity index is 2.42. The molecule has 17 heavy (non-hydrogen) atoms. The van der Waals surface area contributed by atoms with E-state index in [1.54, 1.807) is 18.5 Å². The van der Waals surface area contributed by atoms with Crippen molar-refractivity contribution in [3.8, 4) is 11.3 Å². The molecule has 0 aliphatic heterocycles. The zero-order valence-electron chi connectivity index (χ0n) is 9.05. The van der Waals surface area contributed by atoms with Gasteiger partial charge in [-0.1, -0.05) is 11.6 Å². The third-order valence-electron chi connectivity index (χ3n) is 2.20. The van der Waals surface area contributed by atoms with Crippen LogP contribution in [0, 0.1) is 0 Å². The number of pyridine rings is 2. The van der Waals surface area contributed by atoms with Crippen LogP contribution in [-0.2, 0) is 4.74 Å². The van der Waals surface area contributed by atoms with Gasteiger partial charge in [0.1, 0.15) is 0 Å². The Morgan fingerprint density at radius 2 is 2.24 bits per heavy atom. The SMILES string of the molecule is COC(=O)c1cnc(-c2cccnc2)c(Cl)c1. The van der Waals surface area contributed by atoms with E-state index in [-0.39, 0.29) is 0 Å². The van der Waals surface area contributed by atoms with Crippen molar-refractivity contribution in [1.82, 2.24) is 9.97 Å². The first kappa shape index (κ1) is 11.5. The average molecular weight is 249 g/mol. The number of esters is 1. The van der Waals surface area contributed by atoms with E-state index in [1.807, 2.05) is 6.07 Å². The highest BCUT2D eigenvalue weighted by molar-refractivity contribution is 6.33. The van der Waals surface area contributed by atoms with Crippen LogP contribution in [0.5, 0.6) is 0 Å². The molecular formula is C12H9ClN2O2. The molecule has 0 bridgehead atoms. The maximum absolute atomic E-state index is 11.3. The van der Waals surface area contributed by atoms with Crippen molar-refractivity contribution in [2.24, 2.45) is 0 Å². The number of ether oxygens (including phenoxy) is 1. The third kappa shape index (κ3) is 2.42. The normalized spacial score (nSPS) is 10.0. The molecular weight excluding hydrogens is 240 g/mol. The molecule has 0 aliphatic rings. The first-order valence-electron chi connectivity index (χ1n) is 4.86. The predicted octanol–water partition coefficient (Wildman–Crippen LogP) is 2.58. The van der Waals surface area contributed by atoms with Crippen LogP contribution < -0.4 is 0 Å². The number of halogens is 1. The van der Waals surface area contributed by atoms with Gasteiger partial charge in [-0.05, 0) is 18.2 Å². The third-order valence-corrected chi connectivity index (χ3v) is 2.49. The largest absolute Gasteiger partial charge is 0.465 e. The van der Waals surface area contributed by atoms with Crippen LogP contribution in [0.15, 0.2) is 36.8 Å². The fourth-order valence-corrected chi connectivity index (χ4v) is 1.66. The quantitative estimate of drug-likeness (QED) is 0.767. The average Bonchev–Trinajstić information content (AvgIpc) is 2.38. The zero-order chi connectivity index (χ0) is 12.3. The van der Waals surface area contributed by atoms with E-state index in [0.717, 1.165) is 5.56 Å². The summed E-state index contributed by atoms with van der Waals surface area (Å²) in [5.41, 5.74) is 1.71. The minimum Gasteiger partial charge on any atom is -0.465 e. The van der Waals surface area contributed by atoms with Gasteiger partial charge in [0.25, 0.3) is 0 Å². The monoisotopic (exact) mass is 248 g/mol. The number of carbonyl (C=O) groups excluding carboxylic acids is 1. The highest BCUT2D eigenvalue weighted by Crippen LogP contribution is 2.25. The van der Waals surface area contributed by atoms with Gasteiger partial charge in [0.15, 0.2) is 0 Å². The van der Waals surface area contributed by atoms with Crippen molar-refractivity contribution in [1.29, 1.82) is 0 Å². The van der Waals surface area contributed by atoms with Crippen molar-refractivity contribution in [2.75, 3.05) is 7.11 Å². The van der Waals surface area contributed by atoms with E-state index in [4.69, 9.17) is 11.6 Å². The molecule has 4 nitrogen and oxygen atoms in total. The van der Waals surface area contributed by atoms with Gasteiger partial charge in [-0.15, -0.1) is 0 Å². The number of methoxy groups -OCH3 is 1. The fourth-order valence-electron chi connectivity index (χ4n) is 1.38. The predicted molar refractivity (Wildman–Crippen MR) is 63.8 cm³/mol.